The Balaban J connectivity index is 4.72. The van der Waals surface area contributed by atoms with E-state index in [1.165, 1.54) is 0 Å². The van der Waals surface area contributed by atoms with Crippen molar-refractivity contribution in [2.45, 2.75) is 38.8 Å². The summed E-state index contributed by atoms with van der Waals surface area (Å²) in [4.78, 5) is 24.6. The third-order valence-electron chi connectivity index (χ3n) is 2.78. The number of hydrogen-bond acceptors (Lipinski definition) is 4. The highest BCUT2D eigenvalue weighted by Crippen LogP contribution is 2.10. The van der Waals surface area contributed by atoms with Crippen molar-refractivity contribution < 1.29 is 24.2 Å². The van der Waals surface area contributed by atoms with Crippen LogP contribution in [0.2, 0.25) is 0 Å². The Morgan fingerprint density at radius 1 is 1.30 bits per heavy atom. The number of urea groups is 1. The Morgan fingerprint density at radius 3 is 2.35 bits per heavy atom. The molecule has 0 bridgehead atoms. The summed E-state index contributed by atoms with van der Waals surface area (Å²) in [6.45, 7) is 6.43. The van der Waals surface area contributed by atoms with E-state index in [0.717, 1.165) is 0 Å². The van der Waals surface area contributed by atoms with Crippen LogP contribution in [0, 0.1) is 0 Å². The highest BCUT2D eigenvalue weighted by molar-refractivity contribution is 5.77. The van der Waals surface area contributed by atoms with Crippen LogP contribution in [-0.2, 0) is 14.3 Å². The molecule has 0 saturated carbocycles. The van der Waals surface area contributed by atoms with E-state index < -0.39 is 11.5 Å². The van der Waals surface area contributed by atoms with Crippen molar-refractivity contribution in [3.8, 4) is 0 Å². The predicted octanol–water partition coefficient (Wildman–Crippen LogP) is 0.933. The molecule has 7 heteroatoms. The molecule has 20 heavy (non-hydrogen) atoms. The number of nitrogens with zero attached hydrogens (tertiary/aromatic N) is 1. The molecule has 0 radical (unpaired) electrons. The van der Waals surface area contributed by atoms with Gasteiger partial charge in [-0.3, -0.25) is 4.79 Å². The number of carboxylic acids is 1. The molecule has 0 rings (SSSR count). The summed E-state index contributed by atoms with van der Waals surface area (Å²) in [5.41, 5.74) is -0.818. The molecule has 0 saturated heterocycles. The fourth-order valence-corrected chi connectivity index (χ4v) is 1.83. The van der Waals surface area contributed by atoms with Crippen LogP contribution in [0.5, 0.6) is 0 Å². The van der Waals surface area contributed by atoms with Gasteiger partial charge in [0.2, 0.25) is 0 Å². The van der Waals surface area contributed by atoms with E-state index in [9.17, 15) is 9.59 Å². The van der Waals surface area contributed by atoms with Crippen molar-refractivity contribution in [1.82, 2.24) is 10.2 Å². The van der Waals surface area contributed by atoms with Crippen molar-refractivity contribution in [2.24, 2.45) is 0 Å². The minimum absolute atomic E-state index is 0.129. The molecular formula is C13H26N2O5. The number of carboxylic acid groups (broad SMARTS) is 1. The zero-order valence-electron chi connectivity index (χ0n) is 12.9. The third-order valence-corrected chi connectivity index (χ3v) is 2.78. The first kappa shape index (κ1) is 18.7. The van der Waals surface area contributed by atoms with Gasteiger partial charge in [-0.1, -0.05) is 0 Å². The molecule has 0 aliphatic rings. The van der Waals surface area contributed by atoms with Crippen molar-refractivity contribution in [2.75, 3.05) is 34.0 Å². The number of hydrogen-bond donors (Lipinski definition) is 2. The molecule has 0 aromatic heterocycles. The second kappa shape index (κ2) is 8.76. The SMILES string of the molecule is COCCN(C(=O)NC(C)(C)CC(=O)O)C(C)COC. The molecule has 7 nitrogen and oxygen atoms in total. The van der Waals surface area contributed by atoms with Crippen LogP contribution >= 0.6 is 0 Å². The number of rotatable bonds is 9. The van der Waals surface area contributed by atoms with Crippen LogP contribution in [0.4, 0.5) is 4.79 Å². The molecule has 0 aliphatic carbocycles. The molecule has 0 aromatic carbocycles. The van der Waals surface area contributed by atoms with Gasteiger partial charge in [0, 0.05) is 26.3 Å². The topological polar surface area (TPSA) is 88.1 Å². The van der Waals surface area contributed by atoms with Crippen LogP contribution in [0.15, 0.2) is 0 Å². The molecule has 2 N–H and O–H groups in total. The van der Waals surface area contributed by atoms with Crippen molar-refractivity contribution in [3.05, 3.63) is 0 Å². The van der Waals surface area contributed by atoms with Crippen LogP contribution in [-0.4, -0.2) is 67.6 Å². The van der Waals surface area contributed by atoms with Crippen molar-refractivity contribution in [3.63, 3.8) is 0 Å². The summed E-state index contributed by atoms with van der Waals surface area (Å²) in [5, 5.41) is 11.6. The first-order valence-corrected chi connectivity index (χ1v) is 6.52. The van der Waals surface area contributed by atoms with E-state index in [2.05, 4.69) is 5.32 Å². The molecule has 118 valence electrons. The molecule has 0 spiro atoms. The van der Waals surface area contributed by atoms with Gasteiger partial charge in [-0.25, -0.2) is 4.79 Å². The third kappa shape index (κ3) is 7.30. The lowest BCUT2D eigenvalue weighted by molar-refractivity contribution is -0.138. The minimum Gasteiger partial charge on any atom is -0.481 e. The smallest absolute Gasteiger partial charge is 0.318 e. The summed E-state index contributed by atoms with van der Waals surface area (Å²) in [7, 11) is 3.13. The lowest BCUT2D eigenvalue weighted by Crippen LogP contribution is -2.54. The molecule has 0 aliphatic heterocycles. The van der Waals surface area contributed by atoms with Crippen LogP contribution in [0.25, 0.3) is 0 Å². The zero-order valence-corrected chi connectivity index (χ0v) is 12.9. The average molecular weight is 290 g/mol. The number of nitrogens with one attached hydrogen (secondary N) is 1. The van der Waals surface area contributed by atoms with E-state index >= 15 is 0 Å². The van der Waals surface area contributed by atoms with E-state index in [1.54, 1.807) is 33.0 Å². The zero-order chi connectivity index (χ0) is 15.8. The maximum Gasteiger partial charge on any atom is 0.318 e. The summed E-state index contributed by atoms with van der Waals surface area (Å²) < 4.78 is 10.0. The van der Waals surface area contributed by atoms with Gasteiger partial charge in [0.25, 0.3) is 0 Å². The normalized spacial score (nSPS) is 12.8. The summed E-state index contributed by atoms with van der Waals surface area (Å²) in [6.07, 6.45) is -0.143. The molecule has 0 aromatic rings. The molecular weight excluding hydrogens is 264 g/mol. The number of ether oxygens (including phenoxy) is 2. The summed E-state index contributed by atoms with van der Waals surface area (Å²) >= 11 is 0. The number of aliphatic carboxylic acids is 1. The standard InChI is InChI=1S/C13H26N2O5/c1-10(9-20-5)15(6-7-19-4)12(18)14-13(2,3)8-11(16)17/h10H,6-9H2,1-5H3,(H,14,18)(H,16,17). The van der Waals surface area contributed by atoms with Gasteiger partial charge in [0.15, 0.2) is 0 Å². The maximum atomic E-state index is 12.3. The van der Waals surface area contributed by atoms with Gasteiger partial charge in [-0.2, -0.15) is 0 Å². The molecule has 1 atom stereocenters. The van der Waals surface area contributed by atoms with Crippen LogP contribution in [0.3, 0.4) is 0 Å². The van der Waals surface area contributed by atoms with Crippen molar-refractivity contribution in [1.29, 1.82) is 0 Å². The molecule has 2 amide bonds. The summed E-state index contributed by atoms with van der Waals surface area (Å²) in [5.74, 6) is -0.955. The second-order valence-corrected chi connectivity index (χ2v) is 5.38. The van der Waals surface area contributed by atoms with E-state index in [-0.39, 0.29) is 18.5 Å². The Labute approximate surface area is 120 Å². The average Bonchev–Trinajstić information content (AvgIpc) is 2.27. The lowest BCUT2D eigenvalue weighted by Gasteiger charge is -2.33. The highest BCUT2D eigenvalue weighted by atomic mass is 16.5. The number of amides is 2. The van der Waals surface area contributed by atoms with E-state index in [0.29, 0.717) is 19.8 Å². The van der Waals surface area contributed by atoms with Gasteiger partial charge >= 0.3 is 12.0 Å². The van der Waals surface area contributed by atoms with E-state index in [1.807, 2.05) is 6.92 Å². The first-order valence-electron chi connectivity index (χ1n) is 6.52. The number of carbonyl (C=O) groups excluding carboxylic acids is 1. The Morgan fingerprint density at radius 2 is 1.90 bits per heavy atom. The van der Waals surface area contributed by atoms with Gasteiger partial charge in [0.05, 0.1) is 25.7 Å². The highest BCUT2D eigenvalue weighted by Gasteiger charge is 2.28. The van der Waals surface area contributed by atoms with Crippen LogP contribution in [0.1, 0.15) is 27.2 Å². The largest absolute Gasteiger partial charge is 0.481 e. The second-order valence-electron chi connectivity index (χ2n) is 5.38. The van der Waals surface area contributed by atoms with E-state index in [4.69, 9.17) is 14.6 Å². The van der Waals surface area contributed by atoms with Gasteiger partial charge < -0.3 is 24.8 Å². The van der Waals surface area contributed by atoms with Crippen LogP contribution < -0.4 is 5.32 Å². The van der Waals surface area contributed by atoms with Gasteiger partial charge in [0.1, 0.15) is 0 Å². The van der Waals surface area contributed by atoms with Gasteiger partial charge in [-0.15, -0.1) is 0 Å². The first-order chi connectivity index (χ1) is 9.23. The predicted molar refractivity (Wildman–Crippen MR) is 74.8 cm³/mol. The Hall–Kier alpha value is -1.34. The molecule has 0 fully saturated rings. The Bertz CT molecular complexity index is 320. The maximum absolute atomic E-state index is 12.3. The van der Waals surface area contributed by atoms with Gasteiger partial charge in [-0.05, 0) is 20.8 Å². The summed E-state index contributed by atoms with van der Waals surface area (Å²) in [6, 6.07) is -0.450. The minimum atomic E-state index is -0.955. The quantitative estimate of drug-likeness (QED) is 0.659. The Kier molecular flexibility index (Phi) is 8.17. The monoisotopic (exact) mass is 290 g/mol. The molecule has 1 unspecified atom stereocenters. The lowest BCUT2D eigenvalue weighted by atomic mass is 10.0. The number of carbonyl (C=O) groups is 2. The number of methoxy groups -OCH3 is 2. The molecule has 0 heterocycles. The fraction of sp³-hybridized carbons (Fsp3) is 0.846. The van der Waals surface area contributed by atoms with Crippen molar-refractivity contribution >= 4 is 12.0 Å². The fourth-order valence-electron chi connectivity index (χ4n) is 1.83.